The van der Waals surface area contributed by atoms with Gasteiger partial charge in [0.05, 0.1) is 24.5 Å². The molecule has 3 aromatic rings. The summed E-state index contributed by atoms with van der Waals surface area (Å²) in [6.45, 7) is 2.25. The van der Waals surface area contributed by atoms with Crippen LogP contribution in [0.1, 0.15) is 16.8 Å². The molecule has 5 rings (SSSR count). The fourth-order valence-electron chi connectivity index (χ4n) is 3.84. The molecule has 31 heavy (non-hydrogen) atoms. The number of amides is 3. The maximum absolute atomic E-state index is 13.4. The molecule has 1 N–H and O–H groups in total. The number of carbonyl (C=O) groups is 2. The van der Waals surface area contributed by atoms with Gasteiger partial charge in [-0.3, -0.25) is 23.8 Å². The highest BCUT2D eigenvalue weighted by Gasteiger charge is 2.45. The number of nitrogens with zero attached hydrogens (tertiary/aromatic N) is 4. The minimum absolute atomic E-state index is 0.0988. The number of benzene rings is 1. The van der Waals surface area contributed by atoms with Gasteiger partial charge in [-0.1, -0.05) is 47.8 Å². The molecule has 4 heterocycles. The highest BCUT2D eigenvalue weighted by molar-refractivity contribution is 8.00. The number of fused-ring (bicyclic) bond motifs is 2. The molecular formula is C22H19N5O3S. The Bertz CT molecular complexity index is 1300. The largest absolute Gasteiger partial charge is 0.331 e. The van der Waals surface area contributed by atoms with Crippen molar-refractivity contribution in [2.45, 2.75) is 26.1 Å². The molecule has 1 unspecified atom stereocenters. The summed E-state index contributed by atoms with van der Waals surface area (Å²) < 4.78 is 4.51. The van der Waals surface area contributed by atoms with E-state index in [2.05, 4.69) is 9.71 Å². The Hall–Kier alpha value is -3.43. The van der Waals surface area contributed by atoms with E-state index < -0.39 is 12.1 Å². The van der Waals surface area contributed by atoms with Crippen LogP contribution in [0.4, 0.5) is 4.79 Å². The van der Waals surface area contributed by atoms with Crippen molar-refractivity contribution in [1.29, 1.82) is 0 Å². The molecule has 2 aliphatic heterocycles. The first-order valence-electron chi connectivity index (χ1n) is 9.78. The first-order valence-corrected chi connectivity index (χ1v) is 10.7. The van der Waals surface area contributed by atoms with Crippen LogP contribution in [0.15, 0.2) is 70.6 Å². The van der Waals surface area contributed by atoms with Gasteiger partial charge >= 0.3 is 6.03 Å². The lowest BCUT2D eigenvalue weighted by Crippen LogP contribution is -2.58. The van der Waals surface area contributed by atoms with Crippen LogP contribution in [-0.4, -0.2) is 37.2 Å². The molecule has 1 saturated heterocycles. The zero-order chi connectivity index (χ0) is 21.5. The minimum Gasteiger partial charge on any atom is -0.289 e. The Morgan fingerprint density at radius 1 is 1.03 bits per heavy atom. The lowest BCUT2D eigenvalue weighted by Gasteiger charge is -2.38. The molecule has 9 heteroatoms. The second kappa shape index (κ2) is 7.68. The van der Waals surface area contributed by atoms with Crippen LogP contribution in [0.3, 0.4) is 0 Å². The van der Waals surface area contributed by atoms with Gasteiger partial charge in [0.1, 0.15) is 11.7 Å². The van der Waals surface area contributed by atoms with Crippen LogP contribution in [-0.2, 0) is 17.9 Å². The van der Waals surface area contributed by atoms with E-state index >= 15 is 0 Å². The smallest absolute Gasteiger partial charge is 0.289 e. The summed E-state index contributed by atoms with van der Waals surface area (Å²) in [7, 11) is 0. The van der Waals surface area contributed by atoms with E-state index in [0.717, 1.165) is 11.1 Å². The highest BCUT2D eigenvalue weighted by Crippen LogP contribution is 2.31. The van der Waals surface area contributed by atoms with Crippen molar-refractivity contribution in [2.75, 3.05) is 0 Å². The van der Waals surface area contributed by atoms with Crippen LogP contribution >= 0.6 is 11.9 Å². The number of aromatic nitrogens is 2. The third-order valence-electron chi connectivity index (χ3n) is 5.32. The molecule has 0 bridgehead atoms. The minimum atomic E-state index is -0.617. The van der Waals surface area contributed by atoms with Gasteiger partial charge in [0.15, 0.2) is 0 Å². The summed E-state index contributed by atoms with van der Waals surface area (Å²) in [4.78, 5) is 46.2. The number of carbonyl (C=O) groups excluding carboxylic acids is 2. The number of hydrogen-bond donors (Lipinski definition) is 1. The van der Waals surface area contributed by atoms with Crippen molar-refractivity contribution in [2.24, 2.45) is 0 Å². The predicted molar refractivity (Wildman–Crippen MR) is 117 cm³/mol. The second-order valence-corrected chi connectivity index (χ2v) is 8.22. The quantitative estimate of drug-likeness (QED) is 0.636. The maximum Gasteiger partial charge on any atom is 0.331 e. The number of nitrogens with one attached hydrogen (secondary N) is 1. The van der Waals surface area contributed by atoms with E-state index in [1.54, 1.807) is 29.8 Å². The fourth-order valence-corrected chi connectivity index (χ4v) is 4.65. The standard InChI is InChI=1S/C22H19N5O3S/c1-14-5-4-6-15(9-14)11-27-21(29)20-17(13-31-24-20)26(22(27)30)12-16-10-19(28)25-8-3-2-7-18(25)23-16/h2-10,13,20,24H,11-12H2,1H3. The average Bonchev–Trinajstić information content (AvgIpc) is 3.24. The number of rotatable bonds is 4. The number of pyridine rings is 1. The first kappa shape index (κ1) is 19.5. The van der Waals surface area contributed by atoms with Gasteiger partial charge in [-0.2, -0.15) is 0 Å². The number of aryl methyl sites for hydroxylation is 1. The van der Waals surface area contributed by atoms with Gasteiger partial charge in [0, 0.05) is 17.7 Å². The zero-order valence-electron chi connectivity index (χ0n) is 16.7. The van der Waals surface area contributed by atoms with Crippen molar-refractivity contribution in [3.05, 3.63) is 93.0 Å². The number of imide groups is 1. The molecule has 1 aromatic carbocycles. The summed E-state index contributed by atoms with van der Waals surface area (Å²) >= 11 is 1.28. The van der Waals surface area contributed by atoms with Gasteiger partial charge in [-0.25, -0.2) is 14.5 Å². The molecule has 2 aromatic heterocycles. The van der Waals surface area contributed by atoms with E-state index in [1.807, 2.05) is 31.2 Å². The molecule has 156 valence electrons. The fraction of sp³-hybridized carbons (Fsp3) is 0.182. The molecule has 2 aliphatic rings. The van der Waals surface area contributed by atoms with Crippen LogP contribution in [0.5, 0.6) is 0 Å². The van der Waals surface area contributed by atoms with Crippen LogP contribution in [0, 0.1) is 6.92 Å². The molecule has 0 aliphatic carbocycles. The lowest BCUT2D eigenvalue weighted by atomic mass is 10.1. The molecular weight excluding hydrogens is 414 g/mol. The predicted octanol–water partition coefficient (Wildman–Crippen LogP) is 2.43. The normalized spacial score (nSPS) is 18.5. The summed E-state index contributed by atoms with van der Waals surface area (Å²) in [5, 5.41) is 1.76. The Kier molecular flexibility index (Phi) is 4.84. The third-order valence-corrected chi connectivity index (χ3v) is 6.05. The van der Waals surface area contributed by atoms with Crippen LogP contribution in [0.2, 0.25) is 0 Å². The summed E-state index contributed by atoms with van der Waals surface area (Å²) in [5.41, 5.74) is 3.26. The Balaban J connectivity index is 1.49. The van der Waals surface area contributed by atoms with E-state index in [-0.39, 0.29) is 24.6 Å². The first-order chi connectivity index (χ1) is 15.0. The summed E-state index contributed by atoms with van der Waals surface area (Å²) in [6, 6.07) is 13.4. The van der Waals surface area contributed by atoms with Gasteiger partial charge < -0.3 is 0 Å². The van der Waals surface area contributed by atoms with Gasteiger partial charge in [0.25, 0.3) is 11.5 Å². The van der Waals surface area contributed by atoms with Crippen molar-refractivity contribution < 1.29 is 9.59 Å². The average molecular weight is 433 g/mol. The molecule has 3 amide bonds. The van der Waals surface area contributed by atoms with Gasteiger partial charge in [0.2, 0.25) is 0 Å². The van der Waals surface area contributed by atoms with Crippen molar-refractivity contribution in [3.8, 4) is 0 Å². The monoisotopic (exact) mass is 433 g/mol. The van der Waals surface area contributed by atoms with E-state index in [0.29, 0.717) is 17.0 Å². The van der Waals surface area contributed by atoms with Gasteiger partial charge in [-0.15, -0.1) is 0 Å². The third kappa shape index (κ3) is 3.51. The SMILES string of the molecule is Cc1cccc(CN2C(=O)C3NSC=C3N(Cc3cc(=O)n4ccccc4n3)C2=O)c1. The van der Waals surface area contributed by atoms with Crippen molar-refractivity contribution >= 4 is 29.5 Å². The Morgan fingerprint density at radius 2 is 1.90 bits per heavy atom. The topological polar surface area (TPSA) is 87.0 Å². The van der Waals surface area contributed by atoms with Crippen molar-refractivity contribution in [3.63, 3.8) is 0 Å². The molecule has 0 radical (unpaired) electrons. The van der Waals surface area contributed by atoms with E-state index in [4.69, 9.17) is 0 Å². The van der Waals surface area contributed by atoms with Gasteiger partial charge in [-0.05, 0) is 24.6 Å². The number of hydrogen-bond acceptors (Lipinski definition) is 6. The number of urea groups is 1. The molecule has 1 atom stereocenters. The second-order valence-electron chi connectivity index (χ2n) is 7.51. The lowest BCUT2D eigenvalue weighted by molar-refractivity contribution is -0.132. The van der Waals surface area contributed by atoms with E-state index in [1.165, 1.54) is 32.2 Å². The molecule has 8 nitrogen and oxygen atoms in total. The van der Waals surface area contributed by atoms with Crippen LogP contribution < -0.4 is 10.3 Å². The molecule has 0 saturated carbocycles. The summed E-state index contributed by atoms with van der Waals surface area (Å²) in [6.07, 6.45) is 1.65. The Labute approximate surface area is 182 Å². The highest BCUT2D eigenvalue weighted by atomic mass is 32.2. The maximum atomic E-state index is 13.4. The van der Waals surface area contributed by atoms with E-state index in [9.17, 15) is 14.4 Å². The summed E-state index contributed by atoms with van der Waals surface area (Å²) in [5.74, 6) is -0.287. The van der Waals surface area contributed by atoms with Crippen LogP contribution in [0.25, 0.3) is 5.65 Å². The van der Waals surface area contributed by atoms with Crippen molar-refractivity contribution in [1.82, 2.24) is 23.9 Å². The molecule has 1 fully saturated rings. The molecule has 0 spiro atoms. The Morgan fingerprint density at radius 3 is 2.74 bits per heavy atom. The zero-order valence-corrected chi connectivity index (χ0v) is 17.5.